The zero-order valence-electron chi connectivity index (χ0n) is 8.66. The summed E-state index contributed by atoms with van der Waals surface area (Å²) in [5.74, 6) is 0.360. The summed E-state index contributed by atoms with van der Waals surface area (Å²) >= 11 is 0. The molecule has 1 aliphatic rings. The molecule has 1 saturated heterocycles. The summed E-state index contributed by atoms with van der Waals surface area (Å²) in [5.41, 5.74) is 0. The Morgan fingerprint density at radius 1 is 1.50 bits per heavy atom. The highest BCUT2D eigenvalue weighted by Crippen LogP contribution is 2.05. The topological polar surface area (TPSA) is 55.4 Å². The Labute approximate surface area is 85.9 Å². The first kappa shape index (κ1) is 11.9. The third-order valence-electron chi connectivity index (χ3n) is 2.44. The number of ether oxygens (including phenoxy) is 1. The summed E-state index contributed by atoms with van der Waals surface area (Å²) in [4.78, 5) is 0. The minimum Gasteiger partial charge on any atom is -0.376 e. The predicted octanol–water partition coefficient (Wildman–Crippen LogP) is 0.190. The Hall–Kier alpha value is -0.130. The number of piperidine rings is 1. The van der Waals surface area contributed by atoms with E-state index in [1.165, 1.54) is 0 Å². The van der Waals surface area contributed by atoms with Crippen LogP contribution >= 0.6 is 0 Å². The average molecular weight is 221 g/mol. The Kier molecular flexibility index (Phi) is 4.84. The van der Waals surface area contributed by atoms with Gasteiger partial charge in [0.25, 0.3) is 0 Å². The van der Waals surface area contributed by atoms with E-state index in [0.717, 1.165) is 25.9 Å². The third-order valence-corrected chi connectivity index (χ3v) is 4.11. The van der Waals surface area contributed by atoms with Crippen LogP contribution in [0.15, 0.2) is 0 Å². The monoisotopic (exact) mass is 221 g/mol. The lowest BCUT2D eigenvalue weighted by Gasteiger charge is -2.22. The summed E-state index contributed by atoms with van der Waals surface area (Å²) in [7, 11) is -2.87. The van der Waals surface area contributed by atoms with Crippen molar-refractivity contribution in [1.29, 1.82) is 0 Å². The molecular weight excluding hydrogens is 202 g/mol. The van der Waals surface area contributed by atoms with Gasteiger partial charge < -0.3 is 10.1 Å². The van der Waals surface area contributed by atoms with E-state index in [2.05, 4.69) is 5.32 Å². The maximum Gasteiger partial charge on any atom is 0.152 e. The molecule has 0 amide bonds. The number of rotatable bonds is 5. The molecule has 84 valence electrons. The Morgan fingerprint density at radius 2 is 2.29 bits per heavy atom. The SMILES string of the molecule is CCS(=O)(=O)CCO[C@H]1CCCNC1. The summed E-state index contributed by atoms with van der Waals surface area (Å²) < 4.78 is 27.8. The predicted molar refractivity (Wildman–Crippen MR) is 56.2 cm³/mol. The number of nitrogens with one attached hydrogen (secondary N) is 1. The van der Waals surface area contributed by atoms with Crippen LogP contribution in [0.1, 0.15) is 19.8 Å². The van der Waals surface area contributed by atoms with Gasteiger partial charge in [-0.25, -0.2) is 8.42 Å². The van der Waals surface area contributed by atoms with E-state index in [0.29, 0.717) is 6.61 Å². The van der Waals surface area contributed by atoms with Crippen LogP contribution in [0.25, 0.3) is 0 Å². The van der Waals surface area contributed by atoms with E-state index in [4.69, 9.17) is 4.74 Å². The molecule has 0 aliphatic carbocycles. The van der Waals surface area contributed by atoms with E-state index in [9.17, 15) is 8.42 Å². The van der Waals surface area contributed by atoms with Crippen LogP contribution in [-0.2, 0) is 14.6 Å². The summed E-state index contributed by atoms with van der Waals surface area (Å²) in [5, 5.41) is 3.22. The molecule has 0 radical (unpaired) electrons. The van der Waals surface area contributed by atoms with Crippen molar-refractivity contribution in [3.8, 4) is 0 Å². The standard InChI is InChI=1S/C9H19NO3S/c1-2-14(11,12)7-6-13-9-4-3-5-10-8-9/h9-10H,2-8H2,1H3/t9-/m0/s1. The van der Waals surface area contributed by atoms with Crippen LogP contribution in [0, 0.1) is 0 Å². The van der Waals surface area contributed by atoms with Gasteiger partial charge in [-0.3, -0.25) is 0 Å². The quantitative estimate of drug-likeness (QED) is 0.720. The molecule has 5 heteroatoms. The van der Waals surface area contributed by atoms with E-state index >= 15 is 0 Å². The molecule has 0 aromatic rings. The van der Waals surface area contributed by atoms with Crippen LogP contribution in [0.2, 0.25) is 0 Å². The highest BCUT2D eigenvalue weighted by atomic mass is 32.2. The molecule has 1 fully saturated rings. The maximum absolute atomic E-state index is 11.1. The van der Waals surface area contributed by atoms with Crippen molar-refractivity contribution in [1.82, 2.24) is 5.32 Å². The normalized spacial score (nSPS) is 23.6. The molecular formula is C9H19NO3S. The minimum absolute atomic E-state index is 0.153. The molecule has 14 heavy (non-hydrogen) atoms. The fourth-order valence-corrected chi connectivity index (χ4v) is 2.09. The van der Waals surface area contributed by atoms with Crippen LogP contribution in [0.5, 0.6) is 0 Å². The first-order chi connectivity index (χ1) is 6.64. The van der Waals surface area contributed by atoms with Crippen LogP contribution < -0.4 is 5.32 Å². The van der Waals surface area contributed by atoms with Gasteiger partial charge in [0.1, 0.15) is 0 Å². The zero-order chi connectivity index (χ0) is 10.4. The van der Waals surface area contributed by atoms with E-state index in [1.54, 1.807) is 6.92 Å². The average Bonchev–Trinajstić information content (AvgIpc) is 2.19. The van der Waals surface area contributed by atoms with Crippen molar-refractivity contribution in [2.45, 2.75) is 25.9 Å². The van der Waals surface area contributed by atoms with Crippen molar-refractivity contribution in [2.75, 3.05) is 31.2 Å². The fourth-order valence-electron chi connectivity index (χ4n) is 1.45. The summed E-state index contributed by atoms with van der Waals surface area (Å²) in [6.07, 6.45) is 2.36. The second-order valence-electron chi connectivity index (χ2n) is 3.58. The molecule has 1 rings (SSSR count). The minimum atomic E-state index is -2.87. The Bertz CT molecular complexity index is 245. The van der Waals surface area contributed by atoms with E-state index < -0.39 is 9.84 Å². The molecule has 1 aliphatic heterocycles. The van der Waals surface area contributed by atoms with Crippen molar-refractivity contribution in [3.63, 3.8) is 0 Å². The Morgan fingerprint density at radius 3 is 2.86 bits per heavy atom. The first-order valence-electron chi connectivity index (χ1n) is 5.17. The second-order valence-corrected chi connectivity index (χ2v) is 6.05. The third kappa shape index (κ3) is 4.39. The zero-order valence-corrected chi connectivity index (χ0v) is 9.48. The van der Waals surface area contributed by atoms with Crippen molar-refractivity contribution in [2.24, 2.45) is 0 Å². The smallest absolute Gasteiger partial charge is 0.152 e. The molecule has 1 atom stereocenters. The molecule has 4 nitrogen and oxygen atoms in total. The molecule has 0 aromatic heterocycles. The number of hydrogen-bond acceptors (Lipinski definition) is 4. The van der Waals surface area contributed by atoms with Gasteiger partial charge in [-0.15, -0.1) is 0 Å². The van der Waals surface area contributed by atoms with Gasteiger partial charge in [0.05, 0.1) is 18.5 Å². The van der Waals surface area contributed by atoms with Gasteiger partial charge >= 0.3 is 0 Å². The first-order valence-corrected chi connectivity index (χ1v) is 6.99. The fraction of sp³-hybridized carbons (Fsp3) is 1.00. The molecule has 0 saturated carbocycles. The lowest BCUT2D eigenvalue weighted by atomic mass is 10.1. The molecule has 0 bridgehead atoms. The lowest BCUT2D eigenvalue weighted by Crippen LogP contribution is -2.36. The molecule has 0 spiro atoms. The number of hydrogen-bond donors (Lipinski definition) is 1. The van der Waals surface area contributed by atoms with Crippen molar-refractivity contribution < 1.29 is 13.2 Å². The van der Waals surface area contributed by atoms with Gasteiger partial charge in [-0.2, -0.15) is 0 Å². The lowest BCUT2D eigenvalue weighted by molar-refractivity contribution is 0.0469. The van der Waals surface area contributed by atoms with Crippen LogP contribution in [-0.4, -0.2) is 45.7 Å². The van der Waals surface area contributed by atoms with Gasteiger partial charge in [0.2, 0.25) is 0 Å². The van der Waals surface area contributed by atoms with E-state index in [-0.39, 0.29) is 17.6 Å². The van der Waals surface area contributed by atoms with Crippen LogP contribution in [0.3, 0.4) is 0 Å². The second kappa shape index (κ2) is 5.68. The summed E-state index contributed by atoms with van der Waals surface area (Å²) in [6.45, 7) is 3.90. The van der Waals surface area contributed by atoms with Crippen LogP contribution in [0.4, 0.5) is 0 Å². The van der Waals surface area contributed by atoms with Gasteiger partial charge in [0.15, 0.2) is 9.84 Å². The van der Waals surface area contributed by atoms with E-state index in [1.807, 2.05) is 0 Å². The molecule has 0 unspecified atom stereocenters. The largest absolute Gasteiger partial charge is 0.376 e. The van der Waals surface area contributed by atoms with Crippen molar-refractivity contribution >= 4 is 9.84 Å². The van der Waals surface area contributed by atoms with Gasteiger partial charge in [-0.1, -0.05) is 6.92 Å². The molecule has 1 N–H and O–H groups in total. The highest BCUT2D eigenvalue weighted by Gasteiger charge is 2.14. The summed E-state index contributed by atoms with van der Waals surface area (Å²) in [6, 6.07) is 0. The Balaban J connectivity index is 2.14. The molecule has 0 aromatic carbocycles. The maximum atomic E-state index is 11.1. The number of sulfone groups is 1. The van der Waals surface area contributed by atoms with Crippen molar-refractivity contribution in [3.05, 3.63) is 0 Å². The highest BCUT2D eigenvalue weighted by molar-refractivity contribution is 7.91. The van der Waals surface area contributed by atoms with Gasteiger partial charge in [-0.05, 0) is 19.4 Å². The van der Waals surface area contributed by atoms with Gasteiger partial charge in [0, 0.05) is 12.3 Å². The molecule has 1 heterocycles.